The summed E-state index contributed by atoms with van der Waals surface area (Å²) in [6, 6.07) is 61.2. The fraction of sp³-hybridized carbons (Fsp3) is 0.0952. The van der Waals surface area contributed by atoms with Gasteiger partial charge in [-0.2, -0.15) is 0 Å². The largest absolute Gasteiger partial charge is 0.460 e. The Balaban J connectivity index is 0.991. The van der Waals surface area contributed by atoms with Crippen molar-refractivity contribution in [3.63, 3.8) is 0 Å². The molecule has 1 unspecified atom stereocenters. The van der Waals surface area contributed by atoms with Crippen LogP contribution in [0.5, 0.6) is 5.75 Å². The van der Waals surface area contributed by atoms with Gasteiger partial charge in [0.15, 0.2) is 0 Å². The Bertz CT molecular complexity index is 3200. The second kappa shape index (κ2) is 16.4. The molecule has 0 saturated heterocycles. The zero-order valence-corrected chi connectivity index (χ0v) is 36.7. The summed E-state index contributed by atoms with van der Waals surface area (Å²) in [5.41, 5.74) is 18.1. The van der Waals surface area contributed by atoms with Crippen molar-refractivity contribution in [3.8, 4) is 39.1 Å². The predicted octanol–water partition coefficient (Wildman–Crippen LogP) is 16.0. The van der Waals surface area contributed by atoms with E-state index in [9.17, 15) is 0 Å². The average molecular weight is 836 g/mol. The SMILES string of the molecule is C=C/C(=C\C(=N/C(=C)c1ccccc1)c1ccc(C2=CCCC=C2)cc1)c1cccc(-c2cccc(-c3cccc4c3OC3=CC=CCC3(C)C43c4ccccc4-c4ccccc43)c2)c1. The number of hydrogen-bond acceptors (Lipinski definition) is 2. The van der Waals surface area contributed by atoms with E-state index >= 15 is 0 Å². The summed E-state index contributed by atoms with van der Waals surface area (Å²) in [5, 5.41) is 0. The zero-order valence-electron chi connectivity index (χ0n) is 36.7. The highest BCUT2D eigenvalue weighted by atomic mass is 16.5. The molecule has 7 aromatic carbocycles. The minimum Gasteiger partial charge on any atom is -0.460 e. The number of nitrogens with zero attached hydrogens (tertiary/aromatic N) is 1. The molecule has 312 valence electrons. The Labute approximate surface area is 383 Å². The van der Waals surface area contributed by atoms with E-state index in [-0.39, 0.29) is 5.41 Å². The number of fused-ring (bicyclic) bond motifs is 9. The molecule has 65 heavy (non-hydrogen) atoms. The topological polar surface area (TPSA) is 21.6 Å². The first-order valence-corrected chi connectivity index (χ1v) is 22.7. The summed E-state index contributed by atoms with van der Waals surface area (Å²) < 4.78 is 7.19. The maximum absolute atomic E-state index is 7.19. The first kappa shape index (κ1) is 40.0. The highest BCUT2D eigenvalue weighted by molar-refractivity contribution is 6.15. The maximum atomic E-state index is 7.19. The van der Waals surface area contributed by atoms with Gasteiger partial charge in [0, 0.05) is 22.1 Å². The molecular weight excluding hydrogens is 787 g/mol. The summed E-state index contributed by atoms with van der Waals surface area (Å²) in [6.07, 6.45) is 20.5. The van der Waals surface area contributed by atoms with Gasteiger partial charge in [-0.15, -0.1) is 0 Å². The molecule has 4 aliphatic rings. The van der Waals surface area contributed by atoms with Gasteiger partial charge in [0.05, 0.1) is 16.8 Å². The van der Waals surface area contributed by atoms with Gasteiger partial charge in [-0.05, 0) is 110 Å². The van der Waals surface area contributed by atoms with Gasteiger partial charge in [0.1, 0.15) is 11.5 Å². The van der Waals surface area contributed by atoms with Crippen LogP contribution in [-0.2, 0) is 5.41 Å². The summed E-state index contributed by atoms with van der Waals surface area (Å²) in [7, 11) is 0. The van der Waals surface area contributed by atoms with E-state index < -0.39 is 5.41 Å². The fourth-order valence-electron chi connectivity index (χ4n) is 10.8. The molecule has 0 radical (unpaired) electrons. The molecule has 0 amide bonds. The van der Waals surface area contributed by atoms with E-state index in [1.54, 1.807) is 0 Å². The number of rotatable bonds is 9. The quantitative estimate of drug-likeness (QED) is 0.105. The van der Waals surface area contributed by atoms with Crippen molar-refractivity contribution in [2.75, 3.05) is 0 Å². The number of allylic oxidation sites excluding steroid dienone is 11. The lowest BCUT2D eigenvalue weighted by Gasteiger charge is -2.53. The van der Waals surface area contributed by atoms with Crippen LogP contribution >= 0.6 is 0 Å². The predicted molar refractivity (Wildman–Crippen MR) is 273 cm³/mol. The molecule has 0 bridgehead atoms. The highest BCUT2D eigenvalue weighted by Gasteiger charge is 2.62. The van der Waals surface area contributed by atoms with E-state index in [1.807, 2.05) is 36.4 Å². The van der Waals surface area contributed by atoms with Crippen LogP contribution in [0.3, 0.4) is 0 Å². The number of aliphatic imine (C=N–C) groups is 1. The van der Waals surface area contributed by atoms with Crippen LogP contribution in [0.4, 0.5) is 0 Å². The van der Waals surface area contributed by atoms with Gasteiger partial charge in [0.25, 0.3) is 0 Å². The first-order valence-electron chi connectivity index (χ1n) is 22.7. The van der Waals surface area contributed by atoms with Crippen molar-refractivity contribution in [3.05, 3.63) is 276 Å². The van der Waals surface area contributed by atoms with Gasteiger partial charge < -0.3 is 4.74 Å². The lowest BCUT2D eigenvalue weighted by molar-refractivity contribution is 0.154. The summed E-state index contributed by atoms with van der Waals surface area (Å²) >= 11 is 0. The summed E-state index contributed by atoms with van der Waals surface area (Å²) in [4.78, 5) is 5.16. The monoisotopic (exact) mass is 835 g/mol. The minimum absolute atomic E-state index is 0.331. The summed E-state index contributed by atoms with van der Waals surface area (Å²) in [6.45, 7) is 11.1. The van der Waals surface area contributed by atoms with Crippen LogP contribution in [0, 0.1) is 5.41 Å². The molecule has 0 saturated carbocycles. The van der Waals surface area contributed by atoms with Crippen molar-refractivity contribution in [2.45, 2.75) is 31.6 Å². The number of hydrogen-bond donors (Lipinski definition) is 0. The van der Waals surface area contributed by atoms with E-state index in [1.165, 1.54) is 39.0 Å². The lowest BCUT2D eigenvalue weighted by Crippen LogP contribution is -2.50. The Morgan fingerprint density at radius 2 is 1.25 bits per heavy atom. The van der Waals surface area contributed by atoms with E-state index in [0.717, 1.165) is 81.0 Å². The van der Waals surface area contributed by atoms with Crippen LogP contribution in [0.2, 0.25) is 0 Å². The average Bonchev–Trinajstić information content (AvgIpc) is 3.67. The Kier molecular flexibility index (Phi) is 10.1. The molecule has 7 aromatic rings. The van der Waals surface area contributed by atoms with E-state index in [2.05, 4.69) is 202 Å². The lowest BCUT2D eigenvalue weighted by atomic mass is 9.52. The normalized spacial score (nSPS) is 17.8. The highest BCUT2D eigenvalue weighted by Crippen LogP contribution is 2.68. The maximum Gasteiger partial charge on any atom is 0.139 e. The van der Waals surface area contributed by atoms with Crippen molar-refractivity contribution in [1.82, 2.24) is 0 Å². The Hall–Kier alpha value is -7.81. The molecule has 0 fully saturated rings. The first-order chi connectivity index (χ1) is 32.0. The smallest absolute Gasteiger partial charge is 0.139 e. The van der Waals surface area contributed by atoms with Crippen molar-refractivity contribution in [2.24, 2.45) is 10.4 Å². The van der Waals surface area contributed by atoms with Gasteiger partial charge in [-0.1, -0.05) is 214 Å². The third-order valence-electron chi connectivity index (χ3n) is 14.0. The van der Waals surface area contributed by atoms with Crippen LogP contribution < -0.4 is 4.74 Å². The molecular formula is C63H49NO. The molecule has 0 aromatic heterocycles. The molecule has 3 aliphatic carbocycles. The zero-order chi connectivity index (χ0) is 44.0. The molecule has 0 N–H and O–H groups in total. The Morgan fingerprint density at radius 1 is 0.600 bits per heavy atom. The molecule has 2 nitrogen and oxygen atoms in total. The third-order valence-corrected chi connectivity index (χ3v) is 14.0. The number of benzene rings is 7. The second-order valence-corrected chi connectivity index (χ2v) is 17.6. The van der Waals surface area contributed by atoms with E-state index in [0.29, 0.717) is 5.70 Å². The van der Waals surface area contributed by atoms with Crippen LogP contribution in [-0.4, -0.2) is 5.71 Å². The summed E-state index contributed by atoms with van der Waals surface area (Å²) in [5.74, 6) is 1.92. The molecule has 1 heterocycles. The standard InChI is InChI=1S/C63H49NO/c1-4-44(42-59(64-43(2)45-20-7-5-8-21-45)48-37-35-47(36-38-48)46-22-9-6-10-23-46)49-24-17-25-50(40-49)51-26-18-27-52(41-51)53-30-19-33-58-61(53)65-60-34-15-16-39-62(60,3)63(58)56-31-13-11-28-54(56)55-29-12-14-32-57(55)63/h4-5,7-9,11-38,40-42H,1-2,6,10,39H2,3H3/b44-42+,64-59+. The van der Waals surface area contributed by atoms with E-state index in [4.69, 9.17) is 9.73 Å². The van der Waals surface area contributed by atoms with Gasteiger partial charge in [-0.3, -0.25) is 0 Å². The second-order valence-electron chi connectivity index (χ2n) is 17.6. The van der Waals surface area contributed by atoms with Crippen LogP contribution in [0.25, 0.3) is 50.2 Å². The number of ether oxygens (including phenoxy) is 1. The molecule has 1 aliphatic heterocycles. The van der Waals surface area contributed by atoms with Gasteiger partial charge in [0.2, 0.25) is 0 Å². The molecule has 11 rings (SSSR count). The van der Waals surface area contributed by atoms with Crippen molar-refractivity contribution < 1.29 is 4.74 Å². The fourth-order valence-corrected chi connectivity index (χ4v) is 10.8. The Morgan fingerprint density at radius 3 is 1.98 bits per heavy atom. The van der Waals surface area contributed by atoms with Crippen molar-refractivity contribution in [1.29, 1.82) is 0 Å². The van der Waals surface area contributed by atoms with Crippen molar-refractivity contribution >= 4 is 22.6 Å². The molecule has 2 heteroatoms. The van der Waals surface area contributed by atoms with Crippen LogP contribution in [0.1, 0.15) is 65.1 Å². The molecule has 1 atom stereocenters. The molecule has 1 spiro atoms. The van der Waals surface area contributed by atoms with Crippen LogP contribution in [0.15, 0.2) is 242 Å². The van der Waals surface area contributed by atoms with Gasteiger partial charge >= 0.3 is 0 Å². The van der Waals surface area contributed by atoms with Gasteiger partial charge in [-0.25, -0.2) is 4.99 Å². The minimum atomic E-state index is -0.443. The third kappa shape index (κ3) is 6.68. The number of para-hydroxylation sites is 1.